The van der Waals surface area contributed by atoms with E-state index in [0.717, 1.165) is 29.2 Å². The predicted molar refractivity (Wildman–Crippen MR) is 113 cm³/mol. The number of amides is 1. The molecule has 0 spiro atoms. The smallest absolute Gasteiger partial charge is 0.271 e. The van der Waals surface area contributed by atoms with Crippen molar-refractivity contribution in [2.24, 2.45) is 0 Å². The van der Waals surface area contributed by atoms with Crippen LogP contribution >= 0.6 is 11.6 Å². The maximum Gasteiger partial charge on any atom is 0.271 e. The van der Waals surface area contributed by atoms with Gasteiger partial charge >= 0.3 is 0 Å². The van der Waals surface area contributed by atoms with Gasteiger partial charge in [0.2, 0.25) is 0 Å². The second-order valence-corrected chi connectivity index (χ2v) is 7.51. The first kappa shape index (κ1) is 20.3. The summed E-state index contributed by atoms with van der Waals surface area (Å²) in [4.78, 5) is 26.8. The lowest BCUT2D eigenvalue weighted by molar-refractivity contribution is 0.0940. The molecule has 1 N–H and O–H groups in total. The first-order chi connectivity index (χ1) is 14.5. The molecule has 1 aromatic heterocycles. The van der Waals surface area contributed by atoms with E-state index in [0.29, 0.717) is 18.8 Å². The Morgan fingerprint density at radius 1 is 1.13 bits per heavy atom. The normalized spacial score (nSPS) is 13.7. The number of aromatic nitrogens is 2. The Labute approximate surface area is 177 Å². The molecule has 0 unspecified atom stereocenters. The number of halogens is 2. The number of nitrogens with one attached hydrogen (secondary N) is 1. The Bertz CT molecular complexity index is 1130. The van der Waals surface area contributed by atoms with E-state index in [4.69, 9.17) is 11.6 Å². The highest BCUT2D eigenvalue weighted by Crippen LogP contribution is 2.25. The van der Waals surface area contributed by atoms with Crippen LogP contribution in [0.1, 0.15) is 21.6 Å². The van der Waals surface area contributed by atoms with Gasteiger partial charge in [0.25, 0.3) is 11.5 Å². The highest BCUT2D eigenvalue weighted by Gasteiger charge is 2.18. The Hall–Kier alpha value is -3.03. The third-order valence-corrected chi connectivity index (χ3v) is 5.46. The van der Waals surface area contributed by atoms with Crippen LogP contribution in [0.25, 0.3) is 5.69 Å². The van der Waals surface area contributed by atoms with Crippen molar-refractivity contribution in [3.8, 4) is 5.69 Å². The molecule has 4 rings (SSSR count). The molecule has 0 radical (unpaired) electrons. The molecular weight excluding hydrogens is 407 g/mol. The van der Waals surface area contributed by atoms with E-state index >= 15 is 0 Å². The highest BCUT2D eigenvalue weighted by molar-refractivity contribution is 6.31. The monoisotopic (exact) mass is 426 g/mol. The summed E-state index contributed by atoms with van der Waals surface area (Å²) in [6, 6.07) is 13.9. The van der Waals surface area contributed by atoms with Gasteiger partial charge in [0.15, 0.2) is 0 Å². The van der Waals surface area contributed by atoms with E-state index in [2.05, 4.69) is 21.4 Å². The second-order valence-electron chi connectivity index (χ2n) is 7.10. The number of hydrogen-bond donors (Lipinski definition) is 1. The van der Waals surface area contributed by atoms with Crippen molar-refractivity contribution >= 4 is 17.5 Å². The lowest BCUT2D eigenvalue weighted by Crippen LogP contribution is -2.38. The lowest BCUT2D eigenvalue weighted by Gasteiger charge is -2.29. The molecule has 0 saturated heterocycles. The fourth-order valence-electron chi connectivity index (χ4n) is 3.53. The van der Waals surface area contributed by atoms with E-state index in [9.17, 15) is 14.0 Å². The summed E-state index contributed by atoms with van der Waals surface area (Å²) in [6.45, 7) is 2.81. The van der Waals surface area contributed by atoms with Crippen molar-refractivity contribution in [2.45, 2.75) is 13.0 Å². The van der Waals surface area contributed by atoms with Crippen LogP contribution in [0.2, 0.25) is 5.02 Å². The molecule has 0 fully saturated rings. The maximum atomic E-state index is 13.1. The molecule has 1 aliphatic heterocycles. The summed E-state index contributed by atoms with van der Waals surface area (Å²) >= 11 is 6.25. The fraction of sp³-hybridized carbons (Fsp3) is 0.227. The third kappa shape index (κ3) is 4.42. The van der Waals surface area contributed by atoms with Gasteiger partial charge in [-0.25, -0.2) is 4.39 Å². The average molecular weight is 427 g/mol. The minimum Gasteiger partial charge on any atom is -0.349 e. The number of carbonyl (C=O) groups is 1. The molecule has 2 aromatic carbocycles. The quantitative estimate of drug-likeness (QED) is 0.681. The number of rotatable bonds is 5. The van der Waals surface area contributed by atoms with Crippen LogP contribution in [-0.2, 0) is 13.0 Å². The summed E-state index contributed by atoms with van der Waals surface area (Å²) in [5.41, 5.74) is 2.53. The van der Waals surface area contributed by atoms with Crippen LogP contribution in [0, 0.1) is 5.82 Å². The first-order valence-electron chi connectivity index (χ1n) is 9.64. The zero-order valence-electron chi connectivity index (χ0n) is 16.1. The SMILES string of the molecule is O=C(NCCN1CCc2c(Cl)cccc2C1)c1ccc(=O)n(-c2ccc(F)cc2)n1. The molecule has 8 heteroatoms. The second kappa shape index (κ2) is 8.77. The molecule has 3 aromatic rings. The summed E-state index contributed by atoms with van der Waals surface area (Å²) in [7, 11) is 0. The van der Waals surface area contributed by atoms with Crippen molar-refractivity contribution in [1.82, 2.24) is 20.0 Å². The first-order valence-corrected chi connectivity index (χ1v) is 10.0. The Morgan fingerprint density at radius 3 is 2.73 bits per heavy atom. The number of hydrogen-bond acceptors (Lipinski definition) is 4. The van der Waals surface area contributed by atoms with Crippen molar-refractivity contribution in [2.75, 3.05) is 19.6 Å². The van der Waals surface area contributed by atoms with Gasteiger partial charge in [-0.1, -0.05) is 23.7 Å². The van der Waals surface area contributed by atoms with Gasteiger partial charge in [-0.2, -0.15) is 9.78 Å². The molecule has 6 nitrogen and oxygen atoms in total. The zero-order chi connectivity index (χ0) is 21.1. The fourth-order valence-corrected chi connectivity index (χ4v) is 3.82. The van der Waals surface area contributed by atoms with Crippen LogP contribution in [0.15, 0.2) is 59.4 Å². The molecular formula is C22H20ClFN4O2. The van der Waals surface area contributed by atoms with E-state index in [1.165, 1.54) is 47.5 Å². The molecule has 1 aliphatic rings. The molecule has 1 amide bonds. The topological polar surface area (TPSA) is 67.2 Å². The number of nitrogens with zero attached hydrogens (tertiary/aromatic N) is 3. The summed E-state index contributed by atoms with van der Waals surface area (Å²) in [5.74, 6) is -0.783. The molecule has 30 heavy (non-hydrogen) atoms. The summed E-state index contributed by atoms with van der Waals surface area (Å²) < 4.78 is 14.2. The molecule has 0 aliphatic carbocycles. The Morgan fingerprint density at radius 2 is 1.93 bits per heavy atom. The van der Waals surface area contributed by atoms with E-state index < -0.39 is 11.4 Å². The highest BCUT2D eigenvalue weighted by atomic mass is 35.5. The van der Waals surface area contributed by atoms with Crippen molar-refractivity contribution in [3.63, 3.8) is 0 Å². The van der Waals surface area contributed by atoms with Crippen LogP contribution in [0.4, 0.5) is 4.39 Å². The maximum absolute atomic E-state index is 13.1. The van der Waals surface area contributed by atoms with E-state index in [1.54, 1.807) is 0 Å². The van der Waals surface area contributed by atoms with Crippen LogP contribution in [0.3, 0.4) is 0 Å². The lowest BCUT2D eigenvalue weighted by atomic mass is 10.00. The Balaban J connectivity index is 1.37. The van der Waals surface area contributed by atoms with Gasteiger partial charge in [0, 0.05) is 37.3 Å². The molecule has 0 atom stereocenters. The van der Waals surface area contributed by atoms with E-state index in [1.807, 2.05) is 12.1 Å². The summed E-state index contributed by atoms with van der Waals surface area (Å²) in [6.07, 6.45) is 0.882. The van der Waals surface area contributed by atoms with Gasteiger partial charge < -0.3 is 5.32 Å². The van der Waals surface area contributed by atoms with Crippen molar-refractivity contribution in [1.29, 1.82) is 0 Å². The van der Waals surface area contributed by atoms with Crippen LogP contribution < -0.4 is 10.9 Å². The van der Waals surface area contributed by atoms with E-state index in [-0.39, 0.29) is 11.6 Å². The number of fused-ring (bicyclic) bond motifs is 1. The molecule has 0 saturated carbocycles. The standard InChI is InChI=1S/C22H20ClFN4O2/c23-19-3-1-2-15-14-27(12-10-18(15)19)13-11-25-22(30)20-8-9-21(29)28(26-20)17-6-4-16(24)5-7-17/h1-9H,10-14H2,(H,25,30). The molecule has 154 valence electrons. The number of benzene rings is 2. The van der Waals surface area contributed by atoms with Crippen molar-refractivity contribution in [3.05, 3.63) is 92.6 Å². The van der Waals surface area contributed by atoms with Gasteiger partial charge in [0.1, 0.15) is 11.5 Å². The predicted octanol–water partition coefficient (Wildman–Crippen LogP) is 2.81. The summed E-state index contributed by atoms with van der Waals surface area (Å²) in [5, 5.41) is 7.77. The van der Waals surface area contributed by atoms with Gasteiger partial charge in [0.05, 0.1) is 5.69 Å². The van der Waals surface area contributed by atoms with Crippen LogP contribution in [0.5, 0.6) is 0 Å². The third-order valence-electron chi connectivity index (χ3n) is 5.11. The number of carbonyl (C=O) groups excluding carboxylic acids is 1. The minimum atomic E-state index is -0.414. The largest absolute Gasteiger partial charge is 0.349 e. The van der Waals surface area contributed by atoms with Crippen molar-refractivity contribution < 1.29 is 9.18 Å². The molecule has 0 bridgehead atoms. The average Bonchev–Trinajstić information content (AvgIpc) is 2.75. The van der Waals surface area contributed by atoms with Crippen LogP contribution in [-0.4, -0.2) is 40.2 Å². The molecule has 2 heterocycles. The van der Waals surface area contributed by atoms with Gasteiger partial charge in [-0.15, -0.1) is 0 Å². The minimum absolute atomic E-state index is 0.120. The van der Waals surface area contributed by atoms with Gasteiger partial charge in [-0.05, 0) is 53.9 Å². The Kier molecular flexibility index (Phi) is 5.92. The van der Waals surface area contributed by atoms with Gasteiger partial charge in [-0.3, -0.25) is 14.5 Å². The zero-order valence-corrected chi connectivity index (χ0v) is 16.9.